The maximum Gasteiger partial charge on any atom is 0.283 e. The number of thiazole rings is 1. The molecule has 9 heteroatoms. The Morgan fingerprint density at radius 1 is 1.43 bits per heavy atom. The number of nitrogens with one attached hydrogen (secondary N) is 2. The lowest BCUT2D eigenvalue weighted by Gasteiger charge is -2.14. The highest BCUT2D eigenvalue weighted by atomic mass is 32.2. The summed E-state index contributed by atoms with van der Waals surface area (Å²) in [6.07, 6.45) is 0. The van der Waals surface area contributed by atoms with Crippen molar-refractivity contribution in [1.29, 1.82) is 0 Å². The van der Waals surface area contributed by atoms with Gasteiger partial charge in [-0.3, -0.25) is 9.82 Å². The fourth-order valence-corrected chi connectivity index (χ4v) is 4.05. The molecule has 0 saturated carbocycles. The van der Waals surface area contributed by atoms with Crippen LogP contribution in [-0.4, -0.2) is 28.7 Å². The number of aryl methyl sites for hydroxylation is 1. The molecule has 2 heterocycles. The molecule has 2 aromatic heterocycles. The number of aromatic nitrogens is 3. The van der Waals surface area contributed by atoms with E-state index in [1.807, 2.05) is 26.2 Å². The molecule has 3 N–H and O–H groups in total. The predicted octanol–water partition coefficient (Wildman–Crippen LogP) is 1.77. The van der Waals surface area contributed by atoms with Crippen molar-refractivity contribution in [2.45, 2.75) is 44.7 Å². The van der Waals surface area contributed by atoms with E-state index in [4.69, 9.17) is 0 Å². The summed E-state index contributed by atoms with van der Waals surface area (Å²) in [6.45, 7) is 7.26. The van der Waals surface area contributed by atoms with Crippen LogP contribution in [0, 0.1) is 6.92 Å². The zero-order chi connectivity index (χ0) is 15.8. The van der Waals surface area contributed by atoms with E-state index >= 15 is 0 Å². The summed E-state index contributed by atoms with van der Waals surface area (Å²) in [6, 6.07) is 0. The Kier molecular flexibility index (Phi) is 4.09. The van der Waals surface area contributed by atoms with Gasteiger partial charge in [0.2, 0.25) is 5.03 Å². The molecule has 0 bridgehead atoms. The van der Waals surface area contributed by atoms with Crippen molar-refractivity contribution in [2.24, 2.45) is 0 Å². The lowest BCUT2D eigenvalue weighted by Crippen LogP contribution is -2.16. The summed E-state index contributed by atoms with van der Waals surface area (Å²) in [7, 11) is -3.87. The molecule has 0 aromatic carbocycles. The molecule has 0 atom stereocenters. The van der Waals surface area contributed by atoms with Crippen LogP contribution in [0.2, 0.25) is 0 Å². The number of anilines is 1. The zero-order valence-electron chi connectivity index (χ0n) is 12.3. The van der Waals surface area contributed by atoms with Crippen LogP contribution in [0.25, 0.3) is 0 Å². The molecule has 0 aliphatic carbocycles. The molecular formula is C12H18N4O3S2. The van der Waals surface area contributed by atoms with E-state index in [0.29, 0.717) is 5.69 Å². The Bertz CT molecular complexity index is 741. The van der Waals surface area contributed by atoms with E-state index in [2.05, 4.69) is 19.9 Å². The lowest BCUT2D eigenvalue weighted by atomic mass is 9.93. The lowest BCUT2D eigenvalue weighted by molar-refractivity contribution is 0.277. The van der Waals surface area contributed by atoms with E-state index in [-0.39, 0.29) is 21.1 Å². The molecule has 0 saturated heterocycles. The van der Waals surface area contributed by atoms with Gasteiger partial charge in [0.1, 0.15) is 0 Å². The van der Waals surface area contributed by atoms with Gasteiger partial charge in [-0.25, -0.2) is 4.98 Å². The topological polar surface area (TPSA) is 108 Å². The number of sulfonamides is 1. The average molecular weight is 330 g/mol. The molecule has 0 aliphatic rings. The summed E-state index contributed by atoms with van der Waals surface area (Å²) in [5.41, 5.74) is 1.44. The third-order valence-corrected chi connectivity index (χ3v) is 5.14. The molecule has 0 amide bonds. The van der Waals surface area contributed by atoms with Crippen LogP contribution in [0.1, 0.15) is 37.7 Å². The standard InChI is InChI=1S/C12H18N4O3S2/c1-7-8(5-17)10(15-14-7)21(18,19)16-11-13-9(6-20-11)12(2,3)4/h6,17H,5H2,1-4H3,(H,13,16)(H,14,15). The number of rotatable bonds is 4. The summed E-state index contributed by atoms with van der Waals surface area (Å²) in [4.78, 5) is 4.28. The normalized spacial score (nSPS) is 12.6. The van der Waals surface area contributed by atoms with Crippen LogP contribution in [0.3, 0.4) is 0 Å². The number of H-pyrrole nitrogens is 1. The van der Waals surface area contributed by atoms with E-state index < -0.39 is 16.6 Å². The van der Waals surface area contributed by atoms with Gasteiger partial charge >= 0.3 is 0 Å². The van der Waals surface area contributed by atoms with Crippen LogP contribution in [0.4, 0.5) is 5.13 Å². The van der Waals surface area contributed by atoms with Crippen molar-refractivity contribution in [3.05, 3.63) is 22.3 Å². The van der Waals surface area contributed by atoms with Crippen molar-refractivity contribution < 1.29 is 13.5 Å². The van der Waals surface area contributed by atoms with Crippen LogP contribution < -0.4 is 4.72 Å². The Balaban J connectivity index is 2.31. The second kappa shape index (κ2) is 5.39. The van der Waals surface area contributed by atoms with E-state index in [1.54, 1.807) is 6.92 Å². The van der Waals surface area contributed by atoms with Crippen molar-refractivity contribution in [2.75, 3.05) is 4.72 Å². The van der Waals surface area contributed by atoms with Gasteiger partial charge in [0.25, 0.3) is 10.0 Å². The number of hydrogen-bond acceptors (Lipinski definition) is 6. The molecule has 0 fully saturated rings. The van der Waals surface area contributed by atoms with Gasteiger partial charge in [0.05, 0.1) is 12.3 Å². The van der Waals surface area contributed by atoms with E-state index in [9.17, 15) is 13.5 Å². The molecule has 0 radical (unpaired) electrons. The van der Waals surface area contributed by atoms with Crippen LogP contribution in [-0.2, 0) is 22.0 Å². The maximum absolute atomic E-state index is 12.3. The minimum absolute atomic E-state index is 0.153. The van der Waals surface area contributed by atoms with Crippen molar-refractivity contribution >= 4 is 26.5 Å². The first-order valence-corrected chi connectivity index (χ1v) is 8.65. The number of hydrogen-bond donors (Lipinski definition) is 3. The highest BCUT2D eigenvalue weighted by molar-refractivity contribution is 7.92. The predicted molar refractivity (Wildman–Crippen MR) is 80.9 cm³/mol. The monoisotopic (exact) mass is 330 g/mol. The van der Waals surface area contributed by atoms with Crippen molar-refractivity contribution in [1.82, 2.24) is 15.2 Å². The van der Waals surface area contributed by atoms with Gasteiger partial charge in [0.15, 0.2) is 5.13 Å². The van der Waals surface area contributed by atoms with Gasteiger partial charge in [-0.05, 0) is 6.92 Å². The molecule has 0 unspecified atom stereocenters. The van der Waals surface area contributed by atoms with Gasteiger partial charge in [-0.2, -0.15) is 13.5 Å². The Labute approximate surface area is 127 Å². The van der Waals surface area contributed by atoms with Crippen LogP contribution in [0.15, 0.2) is 10.4 Å². The first kappa shape index (κ1) is 15.9. The molecular weight excluding hydrogens is 312 g/mol. The first-order chi connectivity index (χ1) is 9.65. The quantitative estimate of drug-likeness (QED) is 0.792. The SMILES string of the molecule is Cc1[nH]nc(S(=O)(=O)Nc2nc(C(C)(C)C)cs2)c1CO. The minimum Gasteiger partial charge on any atom is -0.392 e. The second-order valence-electron chi connectivity index (χ2n) is 5.68. The van der Waals surface area contributed by atoms with E-state index in [1.165, 1.54) is 11.3 Å². The fourth-order valence-electron chi connectivity index (χ4n) is 1.67. The second-order valence-corrected chi connectivity index (χ2v) is 8.14. The Morgan fingerprint density at radius 2 is 2.10 bits per heavy atom. The summed E-state index contributed by atoms with van der Waals surface area (Å²) in [5, 5.41) is 17.5. The molecule has 21 heavy (non-hydrogen) atoms. The van der Waals surface area contributed by atoms with Gasteiger partial charge in [-0.1, -0.05) is 20.8 Å². The molecule has 0 spiro atoms. The highest BCUT2D eigenvalue weighted by Crippen LogP contribution is 2.28. The number of aromatic amines is 1. The molecule has 7 nitrogen and oxygen atoms in total. The van der Waals surface area contributed by atoms with Gasteiger partial charge < -0.3 is 5.11 Å². The third kappa shape index (κ3) is 3.25. The number of aliphatic hydroxyl groups excluding tert-OH is 1. The van der Waals surface area contributed by atoms with Crippen molar-refractivity contribution in [3.8, 4) is 0 Å². The molecule has 2 rings (SSSR count). The number of aliphatic hydroxyl groups is 1. The average Bonchev–Trinajstić information content (AvgIpc) is 2.94. The highest BCUT2D eigenvalue weighted by Gasteiger charge is 2.25. The van der Waals surface area contributed by atoms with Crippen LogP contribution in [0.5, 0.6) is 0 Å². The van der Waals surface area contributed by atoms with Crippen LogP contribution >= 0.6 is 11.3 Å². The van der Waals surface area contributed by atoms with Crippen molar-refractivity contribution in [3.63, 3.8) is 0 Å². The largest absolute Gasteiger partial charge is 0.392 e. The molecule has 2 aromatic rings. The Morgan fingerprint density at radius 3 is 2.62 bits per heavy atom. The summed E-state index contributed by atoms with van der Waals surface area (Å²) >= 11 is 1.22. The minimum atomic E-state index is -3.87. The molecule has 116 valence electrons. The summed E-state index contributed by atoms with van der Waals surface area (Å²) in [5.74, 6) is 0. The molecule has 0 aliphatic heterocycles. The first-order valence-electron chi connectivity index (χ1n) is 6.28. The third-order valence-electron chi connectivity index (χ3n) is 2.94. The smallest absolute Gasteiger partial charge is 0.283 e. The van der Waals surface area contributed by atoms with Gasteiger partial charge in [-0.15, -0.1) is 11.3 Å². The zero-order valence-corrected chi connectivity index (χ0v) is 13.9. The van der Waals surface area contributed by atoms with Gasteiger partial charge in [0, 0.05) is 22.1 Å². The summed E-state index contributed by atoms with van der Waals surface area (Å²) < 4.78 is 27.0. The fraction of sp³-hybridized carbons (Fsp3) is 0.500. The Hall–Kier alpha value is -1.45. The van der Waals surface area contributed by atoms with E-state index in [0.717, 1.165) is 5.69 Å². The number of nitrogens with zero attached hydrogens (tertiary/aromatic N) is 2. The maximum atomic E-state index is 12.3.